The summed E-state index contributed by atoms with van der Waals surface area (Å²) in [5.74, 6) is -0.936. The predicted octanol–water partition coefficient (Wildman–Crippen LogP) is 4.63. The van der Waals surface area contributed by atoms with E-state index in [0.29, 0.717) is 26.1 Å². The Morgan fingerprint density at radius 1 is 1.09 bits per heavy atom. The zero-order chi connectivity index (χ0) is 24.1. The Morgan fingerprint density at radius 2 is 1.73 bits per heavy atom. The van der Waals surface area contributed by atoms with Gasteiger partial charge in [0.25, 0.3) is 0 Å². The van der Waals surface area contributed by atoms with E-state index in [1.54, 1.807) is 20.8 Å². The van der Waals surface area contributed by atoms with E-state index in [4.69, 9.17) is 21.7 Å². The molecule has 2 heterocycles. The molecule has 1 aliphatic heterocycles. The number of thiocarbonyl (C=S) groups is 1. The van der Waals surface area contributed by atoms with Gasteiger partial charge in [0, 0.05) is 31.4 Å². The van der Waals surface area contributed by atoms with Crippen LogP contribution in [-0.4, -0.2) is 60.8 Å². The maximum Gasteiger partial charge on any atom is 0.348 e. The number of hydrogen-bond donors (Lipinski definition) is 1. The van der Waals surface area contributed by atoms with Gasteiger partial charge in [0.2, 0.25) is 0 Å². The maximum absolute atomic E-state index is 12.6. The van der Waals surface area contributed by atoms with E-state index in [1.165, 1.54) is 22.6 Å². The summed E-state index contributed by atoms with van der Waals surface area (Å²) in [6.45, 7) is 12.3. The molecule has 0 bridgehead atoms. The van der Waals surface area contributed by atoms with E-state index in [2.05, 4.69) is 53.2 Å². The Morgan fingerprint density at radius 3 is 2.33 bits per heavy atom. The molecule has 1 unspecified atom stereocenters. The number of esters is 2. The minimum Gasteiger partial charge on any atom is -0.462 e. The van der Waals surface area contributed by atoms with Crippen LogP contribution in [0.3, 0.4) is 0 Å². The van der Waals surface area contributed by atoms with Crippen LogP contribution in [0.25, 0.3) is 0 Å². The summed E-state index contributed by atoms with van der Waals surface area (Å²) in [6, 6.07) is 8.80. The molecule has 1 aliphatic rings. The van der Waals surface area contributed by atoms with Crippen molar-refractivity contribution in [1.82, 2.24) is 4.90 Å². The fourth-order valence-corrected chi connectivity index (χ4v) is 5.30. The van der Waals surface area contributed by atoms with Gasteiger partial charge in [0.15, 0.2) is 5.11 Å². The van der Waals surface area contributed by atoms with Gasteiger partial charge >= 0.3 is 11.9 Å². The van der Waals surface area contributed by atoms with Crippen molar-refractivity contribution in [3.05, 3.63) is 45.8 Å². The number of nitrogens with zero attached hydrogens (tertiary/aromatic N) is 2. The first-order valence-electron chi connectivity index (χ1n) is 11.1. The van der Waals surface area contributed by atoms with Crippen molar-refractivity contribution < 1.29 is 19.1 Å². The Kier molecular flexibility index (Phi) is 8.31. The van der Waals surface area contributed by atoms with Crippen LogP contribution in [0, 0.1) is 13.8 Å². The topological polar surface area (TPSA) is 71.1 Å². The van der Waals surface area contributed by atoms with Crippen molar-refractivity contribution in [2.45, 2.75) is 40.7 Å². The number of thiophene rings is 1. The summed E-state index contributed by atoms with van der Waals surface area (Å²) in [6.07, 6.45) is 0. The smallest absolute Gasteiger partial charge is 0.348 e. The van der Waals surface area contributed by atoms with Gasteiger partial charge in [-0.3, -0.25) is 0 Å². The first kappa shape index (κ1) is 25.0. The van der Waals surface area contributed by atoms with Crippen LogP contribution in [0.15, 0.2) is 24.3 Å². The molecule has 2 aromatic rings. The minimum atomic E-state index is -0.482. The Balaban J connectivity index is 1.76. The van der Waals surface area contributed by atoms with Gasteiger partial charge in [-0.2, -0.15) is 0 Å². The van der Waals surface area contributed by atoms with Crippen molar-refractivity contribution in [3.63, 3.8) is 0 Å². The lowest BCUT2D eigenvalue weighted by Crippen LogP contribution is -2.54. The normalized spacial score (nSPS) is 15.8. The van der Waals surface area contributed by atoms with E-state index in [9.17, 15) is 9.59 Å². The number of nitrogens with one attached hydrogen (secondary N) is 1. The summed E-state index contributed by atoms with van der Waals surface area (Å²) in [4.78, 5) is 29.9. The summed E-state index contributed by atoms with van der Waals surface area (Å²) < 4.78 is 10.4. The molecule has 1 aromatic heterocycles. The van der Waals surface area contributed by atoms with Crippen LogP contribution in [0.4, 0.5) is 10.7 Å². The zero-order valence-corrected chi connectivity index (χ0v) is 21.4. The molecule has 178 valence electrons. The van der Waals surface area contributed by atoms with Gasteiger partial charge in [-0.15, -0.1) is 11.3 Å². The third-order valence-electron chi connectivity index (χ3n) is 5.59. The Labute approximate surface area is 204 Å². The summed E-state index contributed by atoms with van der Waals surface area (Å²) in [7, 11) is 0. The van der Waals surface area contributed by atoms with Crippen molar-refractivity contribution in [2.75, 3.05) is 43.1 Å². The highest BCUT2D eigenvalue weighted by atomic mass is 32.1. The minimum absolute atomic E-state index is 0.241. The standard InChI is InChI=1S/C24H31N3O4S2/c1-6-30-22(28)19-17(5)20(23(29)31-7-2)33-21(19)25-24(32)26-12-13-27(16(4)14-26)18-10-8-15(3)9-11-18/h8-11,16H,6-7,12-14H2,1-5H3,(H,25,32). The number of piperazine rings is 1. The molecule has 1 fully saturated rings. The fourth-order valence-electron chi connectivity index (χ4n) is 3.88. The van der Waals surface area contributed by atoms with Gasteiger partial charge in [-0.05, 0) is 64.5 Å². The number of benzene rings is 1. The highest BCUT2D eigenvalue weighted by molar-refractivity contribution is 7.80. The van der Waals surface area contributed by atoms with Gasteiger partial charge in [0.1, 0.15) is 9.88 Å². The number of anilines is 2. The highest BCUT2D eigenvalue weighted by Crippen LogP contribution is 2.35. The second-order valence-electron chi connectivity index (χ2n) is 7.96. The molecule has 0 amide bonds. The lowest BCUT2D eigenvalue weighted by molar-refractivity contribution is 0.0527. The van der Waals surface area contributed by atoms with Gasteiger partial charge < -0.3 is 24.6 Å². The number of carbonyl (C=O) groups excluding carboxylic acids is 2. The Bertz CT molecular complexity index is 1020. The van der Waals surface area contributed by atoms with Crippen LogP contribution >= 0.6 is 23.6 Å². The van der Waals surface area contributed by atoms with E-state index in [1.807, 2.05) is 0 Å². The molecular weight excluding hydrogens is 458 g/mol. The van der Waals surface area contributed by atoms with Crippen LogP contribution in [0.5, 0.6) is 0 Å². The van der Waals surface area contributed by atoms with Crippen LogP contribution in [0.2, 0.25) is 0 Å². The molecule has 0 spiro atoms. The summed E-state index contributed by atoms with van der Waals surface area (Å²) in [5.41, 5.74) is 3.31. The molecule has 3 rings (SSSR count). The molecular formula is C24H31N3O4S2. The number of carbonyl (C=O) groups is 2. The predicted molar refractivity (Wildman–Crippen MR) is 137 cm³/mol. The van der Waals surface area contributed by atoms with E-state index in [0.717, 1.165) is 19.6 Å². The van der Waals surface area contributed by atoms with Crippen LogP contribution in [-0.2, 0) is 9.47 Å². The largest absolute Gasteiger partial charge is 0.462 e. The maximum atomic E-state index is 12.6. The monoisotopic (exact) mass is 489 g/mol. The first-order chi connectivity index (χ1) is 15.8. The quantitative estimate of drug-likeness (QED) is 0.465. The molecule has 1 saturated heterocycles. The molecule has 0 radical (unpaired) electrons. The van der Waals surface area contributed by atoms with Crippen LogP contribution < -0.4 is 10.2 Å². The van der Waals surface area contributed by atoms with Crippen LogP contribution in [0.1, 0.15) is 51.9 Å². The molecule has 1 aromatic carbocycles. The SMILES string of the molecule is CCOC(=O)c1sc(NC(=S)N2CCN(c3ccc(C)cc3)C(C)C2)c(C(=O)OCC)c1C. The lowest BCUT2D eigenvalue weighted by Gasteiger charge is -2.42. The molecule has 7 nitrogen and oxygen atoms in total. The number of rotatable bonds is 6. The zero-order valence-electron chi connectivity index (χ0n) is 19.8. The van der Waals surface area contributed by atoms with Crippen molar-refractivity contribution in [1.29, 1.82) is 0 Å². The number of aryl methyl sites for hydroxylation is 1. The highest BCUT2D eigenvalue weighted by Gasteiger charge is 2.29. The second kappa shape index (κ2) is 11.0. The summed E-state index contributed by atoms with van der Waals surface area (Å²) in [5, 5.41) is 4.24. The first-order valence-corrected chi connectivity index (χ1v) is 12.4. The van der Waals surface area contributed by atoms with E-state index < -0.39 is 11.9 Å². The van der Waals surface area contributed by atoms with Crippen molar-refractivity contribution in [3.8, 4) is 0 Å². The second-order valence-corrected chi connectivity index (χ2v) is 9.36. The Hall–Kier alpha value is -2.65. The van der Waals surface area contributed by atoms with Crippen molar-refractivity contribution >= 4 is 51.3 Å². The molecule has 0 aliphatic carbocycles. The molecule has 1 N–H and O–H groups in total. The van der Waals surface area contributed by atoms with Gasteiger partial charge in [-0.1, -0.05) is 17.7 Å². The number of hydrogen-bond acceptors (Lipinski definition) is 7. The third kappa shape index (κ3) is 5.65. The third-order valence-corrected chi connectivity index (χ3v) is 7.14. The number of ether oxygens (including phenoxy) is 2. The van der Waals surface area contributed by atoms with Gasteiger partial charge in [0.05, 0.1) is 18.8 Å². The molecule has 1 atom stereocenters. The average molecular weight is 490 g/mol. The molecule has 9 heteroatoms. The molecule has 33 heavy (non-hydrogen) atoms. The van der Waals surface area contributed by atoms with Crippen molar-refractivity contribution in [2.24, 2.45) is 0 Å². The molecule has 0 saturated carbocycles. The fraction of sp³-hybridized carbons (Fsp3) is 0.458. The van der Waals surface area contributed by atoms with Gasteiger partial charge in [-0.25, -0.2) is 9.59 Å². The summed E-state index contributed by atoms with van der Waals surface area (Å²) >= 11 is 6.87. The average Bonchev–Trinajstić information content (AvgIpc) is 3.10. The van der Waals surface area contributed by atoms with E-state index in [-0.39, 0.29) is 19.3 Å². The lowest BCUT2D eigenvalue weighted by atomic mass is 10.1. The van der Waals surface area contributed by atoms with E-state index >= 15 is 0 Å².